The van der Waals surface area contributed by atoms with E-state index in [9.17, 15) is 18.5 Å². The predicted octanol–water partition coefficient (Wildman–Crippen LogP) is 1.25. The molecule has 0 amide bonds. The number of aromatic nitrogens is 2. The highest BCUT2D eigenvalue weighted by Gasteiger charge is 2.17. The van der Waals surface area contributed by atoms with Crippen molar-refractivity contribution in [3.63, 3.8) is 0 Å². The predicted molar refractivity (Wildman–Crippen MR) is 63.8 cm³/mol. The first-order valence-electron chi connectivity index (χ1n) is 4.52. The average molecular weight is 286 g/mol. The number of rotatable bonds is 4. The van der Waals surface area contributed by atoms with Crippen LogP contribution in [0.1, 0.15) is 0 Å². The first-order chi connectivity index (χ1) is 8.49. The number of hydrogen-bond donors (Lipinski definition) is 1. The van der Waals surface area contributed by atoms with Crippen molar-refractivity contribution in [3.8, 4) is 0 Å². The molecule has 10 heteroatoms. The summed E-state index contributed by atoms with van der Waals surface area (Å²) in [6.07, 6.45) is 0. The second kappa shape index (κ2) is 4.66. The van der Waals surface area contributed by atoms with Crippen LogP contribution in [0.25, 0.3) is 0 Å². The minimum atomic E-state index is -3.79. The molecule has 0 aliphatic rings. The van der Waals surface area contributed by atoms with Crippen LogP contribution < -0.4 is 4.72 Å². The van der Waals surface area contributed by atoms with E-state index in [0.717, 1.165) is 35.6 Å². The Hall–Kier alpha value is -2.07. The molecule has 2 rings (SSSR count). The number of nitrogens with one attached hydrogen (secondary N) is 1. The van der Waals surface area contributed by atoms with Gasteiger partial charge in [0, 0.05) is 12.1 Å². The summed E-state index contributed by atoms with van der Waals surface area (Å²) >= 11 is 1.03. The maximum atomic E-state index is 11.8. The van der Waals surface area contributed by atoms with E-state index in [1.807, 2.05) is 0 Å². The molecular formula is C8H6N4O4S2. The molecule has 0 atom stereocenters. The Morgan fingerprint density at radius 1 is 1.28 bits per heavy atom. The largest absolute Gasteiger partial charge is 0.269 e. The molecule has 1 aromatic carbocycles. The van der Waals surface area contributed by atoms with Gasteiger partial charge in [-0.15, -0.1) is 10.2 Å². The van der Waals surface area contributed by atoms with Crippen molar-refractivity contribution in [1.29, 1.82) is 0 Å². The third kappa shape index (κ3) is 2.60. The van der Waals surface area contributed by atoms with E-state index < -0.39 is 14.9 Å². The summed E-state index contributed by atoms with van der Waals surface area (Å²) in [5.74, 6) is 0. The first-order valence-corrected chi connectivity index (χ1v) is 6.89. The molecule has 8 nitrogen and oxygen atoms in total. The van der Waals surface area contributed by atoms with Crippen LogP contribution in [0.4, 0.5) is 10.8 Å². The fourth-order valence-corrected chi connectivity index (χ4v) is 2.83. The molecule has 0 radical (unpaired) electrons. The molecule has 0 fully saturated rings. The van der Waals surface area contributed by atoms with Crippen LogP contribution >= 0.6 is 11.3 Å². The number of hydrogen-bond acceptors (Lipinski definition) is 7. The molecule has 0 saturated carbocycles. The molecule has 0 saturated heterocycles. The van der Waals surface area contributed by atoms with Gasteiger partial charge in [0.05, 0.1) is 9.82 Å². The molecule has 94 valence electrons. The first kappa shape index (κ1) is 12.4. The van der Waals surface area contributed by atoms with Crippen LogP contribution in [0.2, 0.25) is 0 Å². The Kier molecular flexibility index (Phi) is 3.21. The number of sulfonamides is 1. The summed E-state index contributed by atoms with van der Waals surface area (Å²) in [4.78, 5) is 9.76. The van der Waals surface area contributed by atoms with Gasteiger partial charge in [0.2, 0.25) is 5.13 Å². The molecule has 0 unspecified atom stereocenters. The highest BCUT2D eigenvalue weighted by atomic mass is 32.2. The zero-order valence-corrected chi connectivity index (χ0v) is 10.3. The molecule has 1 aromatic heterocycles. The SMILES string of the molecule is O=[N+]([O-])c1ccc(S(=O)(=O)Nc2nncs2)cc1. The van der Waals surface area contributed by atoms with Crippen molar-refractivity contribution < 1.29 is 13.3 Å². The fourth-order valence-electron chi connectivity index (χ4n) is 1.14. The molecule has 18 heavy (non-hydrogen) atoms. The number of anilines is 1. The van der Waals surface area contributed by atoms with Crippen LogP contribution in [0, 0.1) is 10.1 Å². The van der Waals surface area contributed by atoms with Crippen molar-refractivity contribution in [2.45, 2.75) is 4.90 Å². The number of nitro benzene ring substituents is 1. The lowest BCUT2D eigenvalue weighted by atomic mass is 10.3. The highest BCUT2D eigenvalue weighted by molar-refractivity contribution is 7.93. The van der Waals surface area contributed by atoms with Gasteiger partial charge in [0.25, 0.3) is 15.7 Å². The van der Waals surface area contributed by atoms with Gasteiger partial charge in [-0.05, 0) is 12.1 Å². The average Bonchev–Trinajstić information content (AvgIpc) is 2.81. The lowest BCUT2D eigenvalue weighted by Gasteiger charge is -2.03. The summed E-state index contributed by atoms with van der Waals surface area (Å²) in [6.45, 7) is 0. The molecule has 2 aromatic rings. The van der Waals surface area contributed by atoms with Gasteiger partial charge in [0.1, 0.15) is 5.51 Å². The lowest BCUT2D eigenvalue weighted by molar-refractivity contribution is -0.384. The molecule has 1 N–H and O–H groups in total. The van der Waals surface area contributed by atoms with Gasteiger partial charge in [0.15, 0.2) is 0 Å². The van der Waals surface area contributed by atoms with E-state index >= 15 is 0 Å². The van der Waals surface area contributed by atoms with E-state index in [0.29, 0.717) is 0 Å². The Balaban J connectivity index is 2.27. The van der Waals surface area contributed by atoms with E-state index in [-0.39, 0.29) is 15.7 Å². The van der Waals surface area contributed by atoms with Crippen LogP contribution in [0.15, 0.2) is 34.7 Å². The molecule has 0 aliphatic carbocycles. The number of benzene rings is 1. The Bertz CT molecular complexity index is 651. The topological polar surface area (TPSA) is 115 Å². The van der Waals surface area contributed by atoms with Crippen LogP contribution in [0.3, 0.4) is 0 Å². The van der Waals surface area contributed by atoms with Gasteiger partial charge < -0.3 is 0 Å². The molecule has 0 bridgehead atoms. The smallest absolute Gasteiger partial charge is 0.258 e. The zero-order chi connectivity index (χ0) is 13.2. The maximum Gasteiger partial charge on any atom is 0.269 e. The Labute approximate surface area is 106 Å². The van der Waals surface area contributed by atoms with E-state index in [1.165, 1.54) is 5.51 Å². The molecule has 0 spiro atoms. The number of nitro groups is 1. The molecular weight excluding hydrogens is 280 g/mol. The highest BCUT2D eigenvalue weighted by Crippen LogP contribution is 2.19. The third-order valence-electron chi connectivity index (χ3n) is 1.94. The van der Waals surface area contributed by atoms with Crippen molar-refractivity contribution in [2.24, 2.45) is 0 Å². The van der Waals surface area contributed by atoms with E-state index in [1.54, 1.807) is 0 Å². The van der Waals surface area contributed by atoms with Crippen LogP contribution in [-0.4, -0.2) is 23.5 Å². The normalized spacial score (nSPS) is 11.1. The second-order valence-electron chi connectivity index (χ2n) is 3.10. The number of nitrogens with zero attached hydrogens (tertiary/aromatic N) is 3. The summed E-state index contributed by atoms with van der Waals surface area (Å²) < 4.78 is 25.9. The van der Waals surface area contributed by atoms with Gasteiger partial charge in [-0.2, -0.15) is 0 Å². The quantitative estimate of drug-likeness (QED) is 0.668. The summed E-state index contributed by atoms with van der Waals surface area (Å²) in [5.41, 5.74) is 1.21. The third-order valence-corrected chi connectivity index (χ3v) is 4.03. The second-order valence-corrected chi connectivity index (χ2v) is 5.62. The minimum Gasteiger partial charge on any atom is -0.258 e. The van der Waals surface area contributed by atoms with Crippen LogP contribution in [-0.2, 0) is 10.0 Å². The number of non-ortho nitro benzene ring substituents is 1. The van der Waals surface area contributed by atoms with Crippen molar-refractivity contribution >= 4 is 32.2 Å². The summed E-state index contributed by atoms with van der Waals surface area (Å²) in [6, 6.07) is 4.55. The van der Waals surface area contributed by atoms with Gasteiger partial charge in [-0.3, -0.25) is 14.8 Å². The Morgan fingerprint density at radius 3 is 2.44 bits per heavy atom. The molecule has 0 aliphatic heterocycles. The summed E-state index contributed by atoms with van der Waals surface area (Å²) in [7, 11) is -3.79. The van der Waals surface area contributed by atoms with Crippen molar-refractivity contribution in [2.75, 3.05) is 4.72 Å². The van der Waals surface area contributed by atoms with E-state index in [4.69, 9.17) is 0 Å². The van der Waals surface area contributed by atoms with Crippen molar-refractivity contribution in [1.82, 2.24) is 10.2 Å². The Morgan fingerprint density at radius 2 is 1.94 bits per heavy atom. The monoisotopic (exact) mass is 286 g/mol. The van der Waals surface area contributed by atoms with Gasteiger partial charge >= 0.3 is 0 Å². The zero-order valence-electron chi connectivity index (χ0n) is 8.68. The fraction of sp³-hybridized carbons (Fsp3) is 0. The minimum absolute atomic E-state index is 0.0803. The van der Waals surface area contributed by atoms with E-state index in [2.05, 4.69) is 14.9 Å². The standard InChI is InChI=1S/C8H6N4O4S2/c13-12(14)6-1-3-7(4-2-6)18(15,16)11-8-10-9-5-17-8/h1-5H,(H,10,11). The van der Waals surface area contributed by atoms with Crippen molar-refractivity contribution in [3.05, 3.63) is 39.9 Å². The molecule has 1 heterocycles. The summed E-state index contributed by atoms with van der Waals surface area (Å²) in [5, 5.41) is 17.6. The lowest BCUT2D eigenvalue weighted by Crippen LogP contribution is -2.12. The van der Waals surface area contributed by atoms with Gasteiger partial charge in [-0.25, -0.2) is 8.42 Å². The maximum absolute atomic E-state index is 11.8. The van der Waals surface area contributed by atoms with Crippen LogP contribution in [0.5, 0.6) is 0 Å². The van der Waals surface area contributed by atoms with Gasteiger partial charge in [-0.1, -0.05) is 11.3 Å².